The summed E-state index contributed by atoms with van der Waals surface area (Å²) in [7, 11) is -3.20. The molecular weight excluding hydrogens is 326 g/mol. The van der Waals surface area contributed by atoms with Crippen molar-refractivity contribution in [3.05, 3.63) is 59.0 Å². The second-order valence-electron chi connectivity index (χ2n) is 6.57. The fraction of sp³-hybridized carbons (Fsp3) is 0.444. The first-order valence-electron chi connectivity index (χ1n) is 8.06. The molecule has 6 heteroatoms. The van der Waals surface area contributed by atoms with Crippen molar-refractivity contribution in [2.75, 3.05) is 11.5 Å². The van der Waals surface area contributed by atoms with Crippen molar-refractivity contribution in [2.45, 2.75) is 39.1 Å². The highest BCUT2D eigenvalue weighted by molar-refractivity contribution is 7.91. The summed E-state index contributed by atoms with van der Waals surface area (Å²) < 4.78 is 29.3. The molecule has 0 bridgehead atoms. The summed E-state index contributed by atoms with van der Waals surface area (Å²) in [6.07, 6.45) is 0.739. The molecule has 2 atom stereocenters. The average Bonchev–Trinajstić information content (AvgIpc) is 3.09. The van der Waals surface area contributed by atoms with Gasteiger partial charge in [0.2, 0.25) is 0 Å². The van der Waals surface area contributed by atoms with E-state index >= 15 is 0 Å². The Kier molecular flexibility index (Phi) is 4.80. The SMILES string of the molecule is Cc1cccc(C)c1CN(Cc1ccco1)[C@@H]1CS(=O)(=O)C[C@@H]1O. The molecule has 0 saturated carbocycles. The zero-order valence-electron chi connectivity index (χ0n) is 14.0. The molecule has 1 fully saturated rings. The van der Waals surface area contributed by atoms with Gasteiger partial charge in [-0.25, -0.2) is 8.42 Å². The predicted octanol–water partition coefficient (Wildman–Crippen LogP) is 2.06. The molecule has 0 unspecified atom stereocenters. The number of furan rings is 1. The normalized spacial score (nSPS) is 23.0. The third kappa shape index (κ3) is 3.71. The van der Waals surface area contributed by atoms with Crippen LogP contribution in [0.3, 0.4) is 0 Å². The number of nitrogens with zero attached hydrogens (tertiary/aromatic N) is 1. The lowest BCUT2D eigenvalue weighted by Crippen LogP contribution is -2.42. The van der Waals surface area contributed by atoms with Gasteiger partial charge >= 0.3 is 0 Å². The summed E-state index contributed by atoms with van der Waals surface area (Å²) >= 11 is 0. The first kappa shape index (κ1) is 17.2. The maximum atomic E-state index is 11.9. The Balaban J connectivity index is 1.90. The van der Waals surface area contributed by atoms with Crippen molar-refractivity contribution in [3.63, 3.8) is 0 Å². The van der Waals surface area contributed by atoms with E-state index in [0.717, 1.165) is 16.9 Å². The molecule has 2 heterocycles. The van der Waals surface area contributed by atoms with E-state index in [1.807, 2.05) is 23.1 Å². The lowest BCUT2D eigenvalue weighted by atomic mass is 10.0. The van der Waals surface area contributed by atoms with Gasteiger partial charge in [-0.05, 0) is 42.7 Å². The third-order valence-corrected chi connectivity index (χ3v) is 6.41. The van der Waals surface area contributed by atoms with Crippen LogP contribution in [0.4, 0.5) is 0 Å². The number of aliphatic hydroxyl groups excluding tert-OH is 1. The molecule has 0 radical (unpaired) electrons. The smallest absolute Gasteiger partial charge is 0.154 e. The number of sulfone groups is 1. The van der Waals surface area contributed by atoms with Crippen molar-refractivity contribution in [1.29, 1.82) is 0 Å². The molecule has 2 aromatic rings. The molecule has 1 aromatic carbocycles. The van der Waals surface area contributed by atoms with Crippen LogP contribution in [0.25, 0.3) is 0 Å². The highest BCUT2D eigenvalue weighted by Crippen LogP contribution is 2.25. The molecule has 0 aliphatic carbocycles. The summed E-state index contributed by atoms with van der Waals surface area (Å²) in [6, 6.07) is 9.38. The largest absolute Gasteiger partial charge is 0.468 e. The van der Waals surface area contributed by atoms with E-state index in [0.29, 0.717) is 13.1 Å². The Morgan fingerprint density at radius 1 is 1.12 bits per heavy atom. The number of aryl methyl sites for hydroxylation is 2. The number of benzene rings is 1. The van der Waals surface area contributed by atoms with Crippen LogP contribution in [0.15, 0.2) is 41.0 Å². The second-order valence-corrected chi connectivity index (χ2v) is 8.72. The first-order valence-corrected chi connectivity index (χ1v) is 9.88. The van der Waals surface area contributed by atoms with Crippen LogP contribution in [0, 0.1) is 13.8 Å². The molecule has 1 aromatic heterocycles. The Labute approximate surface area is 142 Å². The van der Waals surface area contributed by atoms with Crippen LogP contribution in [0.2, 0.25) is 0 Å². The lowest BCUT2D eigenvalue weighted by molar-refractivity contribution is 0.0683. The fourth-order valence-corrected chi connectivity index (χ4v) is 5.19. The summed E-state index contributed by atoms with van der Waals surface area (Å²) in [4.78, 5) is 2.02. The van der Waals surface area contributed by atoms with Crippen molar-refractivity contribution in [3.8, 4) is 0 Å². The molecule has 1 aliphatic rings. The van der Waals surface area contributed by atoms with Gasteiger partial charge in [-0.2, -0.15) is 0 Å². The number of hydrogen-bond acceptors (Lipinski definition) is 5. The quantitative estimate of drug-likeness (QED) is 0.895. The minimum absolute atomic E-state index is 0.0141. The molecule has 5 nitrogen and oxygen atoms in total. The molecule has 1 aliphatic heterocycles. The van der Waals surface area contributed by atoms with Gasteiger partial charge in [-0.3, -0.25) is 4.90 Å². The van der Waals surface area contributed by atoms with Gasteiger partial charge in [-0.15, -0.1) is 0 Å². The van der Waals surface area contributed by atoms with Crippen LogP contribution < -0.4 is 0 Å². The van der Waals surface area contributed by atoms with E-state index in [4.69, 9.17) is 4.42 Å². The van der Waals surface area contributed by atoms with E-state index in [1.165, 1.54) is 5.56 Å². The van der Waals surface area contributed by atoms with Crippen LogP contribution in [0.1, 0.15) is 22.5 Å². The monoisotopic (exact) mass is 349 g/mol. The Morgan fingerprint density at radius 3 is 2.38 bits per heavy atom. The maximum absolute atomic E-state index is 11.9. The highest BCUT2D eigenvalue weighted by atomic mass is 32.2. The van der Waals surface area contributed by atoms with Gasteiger partial charge in [0, 0.05) is 6.54 Å². The first-order chi connectivity index (χ1) is 11.4. The van der Waals surface area contributed by atoms with Crippen molar-refractivity contribution < 1.29 is 17.9 Å². The molecule has 3 rings (SSSR count). The number of aliphatic hydroxyl groups is 1. The van der Waals surface area contributed by atoms with Crippen molar-refractivity contribution >= 4 is 9.84 Å². The Morgan fingerprint density at radius 2 is 1.83 bits per heavy atom. The zero-order chi connectivity index (χ0) is 17.3. The standard InChI is InChI=1S/C18H23NO4S/c1-13-5-3-6-14(2)16(13)10-19(9-15-7-4-8-23-15)17-11-24(21,22)12-18(17)20/h3-8,17-18,20H,9-12H2,1-2H3/t17-,18+/m1/s1. The molecule has 1 saturated heterocycles. The fourth-order valence-electron chi connectivity index (χ4n) is 3.35. The van der Waals surface area contributed by atoms with Crippen LogP contribution in [-0.4, -0.2) is 42.1 Å². The summed E-state index contributed by atoms with van der Waals surface area (Å²) in [5.74, 6) is 0.580. The van der Waals surface area contributed by atoms with Gasteiger partial charge < -0.3 is 9.52 Å². The van der Waals surface area contributed by atoms with Gasteiger partial charge in [0.05, 0.1) is 36.5 Å². The molecule has 130 valence electrons. The minimum Gasteiger partial charge on any atom is -0.468 e. The predicted molar refractivity (Wildman–Crippen MR) is 92.3 cm³/mol. The third-order valence-electron chi connectivity index (χ3n) is 4.71. The Bertz CT molecular complexity index is 778. The highest BCUT2D eigenvalue weighted by Gasteiger charge is 2.40. The zero-order valence-corrected chi connectivity index (χ0v) is 14.8. The van der Waals surface area contributed by atoms with Crippen molar-refractivity contribution in [1.82, 2.24) is 4.90 Å². The molecule has 24 heavy (non-hydrogen) atoms. The van der Waals surface area contributed by atoms with Gasteiger partial charge in [0.15, 0.2) is 9.84 Å². The van der Waals surface area contributed by atoms with Crippen LogP contribution in [0.5, 0.6) is 0 Å². The molecule has 0 amide bonds. The van der Waals surface area contributed by atoms with Crippen LogP contribution >= 0.6 is 0 Å². The lowest BCUT2D eigenvalue weighted by Gasteiger charge is -2.30. The Hall–Kier alpha value is -1.63. The molecule has 1 N–H and O–H groups in total. The van der Waals surface area contributed by atoms with E-state index < -0.39 is 22.0 Å². The maximum Gasteiger partial charge on any atom is 0.154 e. The van der Waals surface area contributed by atoms with E-state index in [-0.39, 0.29) is 11.5 Å². The van der Waals surface area contributed by atoms with E-state index in [1.54, 1.807) is 6.26 Å². The van der Waals surface area contributed by atoms with Gasteiger partial charge in [-0.1, -0.05) is 18.2 Å². The number of rotatable bonds is 5. The second kappa shape index (κ2) is 6.70. The van der Waals surface area contributed by atoms with Gasteiger partial charge in [0.1, 0.15) is 5.76 Å². The number of hydrogen-bond donors (Lipinski definition) is 1. The van der Waals surface area contributed by atoms with E-state index in [9.17, 15) is 13.5 Å². The summed E-state index contributed by atoms with van der Waals surface area (Å²) in [5, 5.41) is 10.3. The van der Waals surface area contributed by atoms with Crippen LogP contribution in [-0.2, 0) is 22.9 Å². The summed E-state index contributed by atoms with van der Waals surface area (Å²) in [5.41, 5.74) is 3.49. The van der Waals surface area contributed by atoms with E-state index in [2.05, 4.69) is 26.0 Å². The minimum atomic E-state index is -3.20. The molecular formula is C18H23NO4S. The summed E-state index contributed by atoms with van der Waals surface area (Å²) in [6.45, 7) is 5.15. The topological polar surface area (TPSA) is 70.8 Å². The molecule has 0 spiro atoms. The average molecular weight is 349 g/mol. The van der Waals surface area contributed by atoms with Crippen molar-refractivity contribution in [2.24, 2.45) is 0 Å². The van der Waals surface area contributed by atoms with Gasteiger partial charge in [0.25, 0.3) is 0 Å².